The number of fused-ring (bicyclic) bond motifs is 1. The van der Waals surface area contributed by atoms with Crippen molar-refractivity contribution in [3.8, 4) is 16.9 Å². The average molecular weight is 292 g/mol. The van der Waals surface area contributed by atoms with Crippen molar-refractivity contribution in [2.45, 2.75) is 6.42 Å². The summed E-state index contributed by atoms with van der Waals surface area (Å²) in [6.07, 6.45) is 10.5. The highest BCUT2D eigenvalue weighted by atomic mass is 16.5. The molecule has 0 saturated carbocycles. The van der Waals surface area contributed by atoms with Crippen molar-refractivity contribution in [3.05, 3.63) is 54.4 Å². The van der Waals surface area contributed by atoms with Crippen molar-refractivity contribution in [1.82, 2.24) is 19.7 Å². The van der Waals surface area contributed by atoms with Crippen molar-refractivity contribution in [3.63, 3.8) is 0 Å². The molecule has 110 valence electrons. The number of H-pyrrole nitrogens is 1. The third-order valence-electron chi connectivity index (χ3n) is 3.83. The van der Waals surface area contributed by atoms with Crippen LogP contribution in [0.3, 0.4) is 0 Å². The van der Waals surface area contributed by atoms with Crippen molar-refractivity contribution in [2.75, 3.05) is 6.61 Å². The van der Waals surface area contributed by atoms with Crippen LogP contribution in [0.25, 0.3) is 22.8 Å². The molecule has 1 aromatic carbocycles. The van der Waals surface area contributed by atoms with Gasteiger partial charge in [0.1, 0.15) is 5.75 Å². The maximum absolute atomic E-state index is 5.78. The van der Waals surface area contributed by atoms with Crippen LogP contribution in [0.5, 0.6) is 5.75 Å². The van der Waals surface area contributed by atoms with Gasteiger partial charge in [0.05, 0.1) is 24.8 Å². The summed E-state index contributed by atoms with van der Waals surface area (Å²) in [6, 6.07) is 6.28. The van der Waals surface area contributed by atoms with E-state index in [4.69, 9.17) is 4.74 Å². The van der Waals surface area contributed by atoms with E-state index in [2.05, 4.69) is 33.3 Å². The van der Waals surface area contributed by atoms with Gasteiger partial charge in [0, 0.05) is 37.0 Å². The van der Waals surface area contributed by atoms with Gasteiger partial charge in [0.2, 0.25) is 0 Å². The molecule has 3 heterocycles. The molecule has 1 aliphatic heterocycles. The molecule has 5 nitrogen and oxygen atoms in total. The van der Waals surface area contributed by atoms with E-state index in [9.17, 15) is 0 Å². The molecule has 0 aliphatic carbocycles. The van der Waals surface area contributed by atoms with Crippen LogP contribution >= 0.6 is 0 Å². The zero-order valence-corrected chi connectivity index (χ0v) is 12.3. The minimum absolute atomic E-state index is 0.704. The minimum atomic E-state index is 0.704. The quantitative estimate of drug-likeness (QED) is 0.789. The van der Waals surface area contributed by atoms with E-state index >= 15 is 0 Å². The predicted molar refractivity (Wildman–Crippen MR) is 85.2 cm³/mol. The van der Waals surface area contributed by atoms with Gasteiger partial charge < -0.3 is 9.72 Å². The molecule has 5 heteroatoms. The Balaban J connectivity index is 1.79. The summed E-state index contributed by atoms with van der Waals surface area (Å²) in [5.74, 6) is 0.931. The molecule has 0 unspecified atom stereocenters. The summed E-state index contributed by atoms with van der Waals surface area (Å²) in [5, 5.41) is 4.24. The number of rotatable bonds is 2. The van der Waals surface area contributed by atoms with Crippen molar-refractivity contribution in [2.24, 2.45) is 7.05 Å². The smallest absolute Gasteiger partial charge is 0.126 e. The molecular weight excluding hydrogens is 276 g/mol. The van der Waals surface area contributed by atoms with Gasteiger partial charge in [-0.15, -0.1) is 0 Å². The number of hydrogen-bond donors (Lipinski definition) is 1. The Morgan fingerprint density at radius 3 is 3.05 bits per heavy atom. The highest BCUT2D eigenvalue weighted by Crippen LogP contribution is 2.36. The van der Waals surface area contributed by atoms with Crippen LogP contribution in [-0.4, -0.2) is 26.4 Å². The number of aromatic nitrogens is 4. The molecule has 0 spiro atoms. The van der Waals surface area contributed by atoms with Gasteiger partial charge in [-0.2, -0.15) is 5.10 Å². The second-order valence-corrected chi connectivity index (χ2v) is 5.38. The SMILES string of the molecule is Cn1cc(-c2ccc3c(c2)/C(=C/c2c[nH]cn2)CCO3)cn1. The summed E-state index contributed by atoms with van der Waals surface area (Å²) < 4.78 is 7.59. The summed E-state index contributed by atoms with van der Waals surface area (Å²) in [6.45, 7) is 0.704. The Morgan fingerprint density at radius 2 is 2.27 bits per heavy atom. The van der Waals surface area contributed by atoms with Gasteiger partial charge in [-0.25, -0.2) is 4.98 Å². The molecule has 0 radical (unpaired) electrons. The topological polar surface area (TPSA) is 55.7 Å². The molecule has 4 rings (SSSR count). The first-order valence-corrected chi connectivity index (χ1v) is 7.25. The van der Waals surface area contributed by atoms with Crippen LogP contribution in [-0.2, 0) is 7.05 Å². The molecule has 2 aromatic heterocycles. The lowest BCUT2D eigenvalue weighted by atomic mass is 9.95. The number of aryl methyl sites for hydroxylation is 1. The minimum Gasteiger partial charge on any atom is -0.493 e. The molecular formula is C17H16N4O. The van der Waals surface area contributed by atoms with Crippen molar-refractivity contribution in [1.29, 1.82) is 0 Å². The predicted octanol–water partition coefficient (Wildman–Crippen LogP) is 3.13. The standard InChI is InChI=1S/C17H16N4O/c1-21-10-14(8-20-21)12-2-3-17-16(7-12)13(4-5-22-17)6-15-9-18-11-19-15/h2-3,6-11H,4-5H2,1H3,(H,18,19)/b13-6+. The Bertz CT molecular complexity index is 830. The average Bonchev–Trinajstić information content (AvgIpc) is 3.19. The Morgan fingerprint density at radius 1 is 1.32 bits per heavy atom. The largest absolute Gasteiger partial charge is 0.493 e. The lowest BCUT2D eigenvalue weighted by Crippen LogP contribution is -2.07. The highest BCUT2D eigenvalue weighted by molar-refractivity contribution is 5.86. The molecule has 22 heavy (non-hydrogen) atoms. The van der Waals surface area contributed by atoms with E-state index in [-0.39, 0.29) is 0 Å². The first-order chi connectivity index (χ1) is 10.8. The van der Waals surface area contributed by atoms with E-state index in [0.29, 0.717) is 6.61 Å². The van der Waals surface area contributed by atoms with Gasteiger partial charge >= 0.3 is 0 Å². The van der Waals surface area contributed by atoms with E-state index in [1.54, 1.807) is 6.33 Å². The van der Waals surface area contributed by atoms with E-state index in [0.717, 1.165) is 34.6 Å². The number of benzene rings is 1. The summed E-state index contributed by atoms with van der Waals surface area (Å²) in [7, 11) is 1.92. The number of nitrogens with zero attached hydrogens (tertiary/aromatic N) is 3. The van der Waals surface area contributed by atoms with Crippen LogP contribution in [0.15, 0.2) is 43.1 Å². The fourth-order valence-electron chi connectivity index (χ4n) is 2.74. The number of hydrogen-bond acceptors (Lipinski definition) is 3. The van der Waals surface area contributed by atoms with Gasteiger partial charge in [-0.05, 0) is 29.3 Å². The number of nitrogens with one attached hydrogen (secondary N) is 1. The number of ether oxygens (including phenoxy) is 1. The molecule has 0 amide bonds. The van der Waals surface area contributed by atoms with Gasteiger partial charge in [-0.3, -0.25) is 4.68 Å². The van der Waals surface area contributed by atoms with Crippen LogP contribution in [0.1, 0.15) is 17.7 Å². The zero-order chi connectivity index (χ0) is 14.9. The normalized spacial score (nSPS) is 15.6. The highest BCUT2D eigenvalue weighted by Gasteiger charge is 2.17. The van der Waals surface area contributed by atoms with E-state index in [1.165, 1.54) is 5.57 Å². The van der Waals surface area contributed by atoms with E-state index in [1.807, 2.05) is 36.4 Å². The first kappa shape index (κ1) is 12.9. The van der Waals surface area contributed by atoms with Crippen molar-refractivity contribution < 1.29 is 4.74 Å². The van der Waals surface area contributed by atoms with Crippen LogP contribution in [0.2, 0.25) is 0 Å². The number of aromatic amines is 1. The molecule has 1 aliphatic rings. The fourth-order valence-corrected chi connectivity index (χ4v) is 2.74. The van der Waals surface area contributed by atoms with Gasteiger partial charge in [0.25, 0.3) is 0 Å². The monoisotopic (exact) mass is 292 g/mol. The van der Waals surface area contributed by atoms with Gasteiger partial charge in [-0.1, -0.05) is 6.07 Å². The molecule has 0 atom stereocenters. The zero-order valence-electron chi connectivity index (χ0n) is 12.3. The van der Waals surface area contributed by atoms with Gasteiger partial charge in [0.15, 0.2) is 0 Å². The molecule has 1 N–H and O–H groups in total. The van der Waals surface area contributed by atoms with Crippen LogP contribution < -0.4 is 4.74 Å². The van der Waals surface area contributed by atoms with E-state index < -0.39 is 0 Å². The molecule has 0 fully saturated rings. The summed E-state index contributed by atoms with van der Waals surface area (Å²) in [4.78, 5) is 7.27. The van der Waals surface area contributed by atoms with Crippen LogP contribution in [0.4, 0.5) is 0 Å². The fraction of sp³-hybridized carbons (Fsp3) is 0.176. The third kappa shape index (κ3) is 2.30. The lowest BCUT2D eigenvalue weighted by molar-refractivity contribution is 0.317. The maximum atomic E-state index is 5.78. The Hall–Kier alpha value is -2.82. The molecule has 0 bridgehead atoms. The Labute approximate surface area is 128 Å². The second kappa shape index (κ2) is 5.18. The Kier molecular flexibility index (Phi) is 3.04. The lowest BCUT2D eigenvalue weighted by Gasteiger charge is -2.20. The second-order valence-electron chi connectivity index (χ2n) is 5.38. The maximum Gasteiger partial charge on any atom is 0.126 e. The van der Waals surface area contributed by atoms with Crippen molar-refractivity contribution >= 4 is 11.6 Å². The number of imidazole rings is 1. The molecule has 3 aromatic rings. The third-order valence-corrected chi connectivity index (χ3v) is 3.83. The van der Waals surface area contributed by atoms with Crippen LogP contribution in [0, 0.1) is 0 Å². The molecule has 0 saturated heterocycles. The summed E-state index contributed by atoms with van der Waals surface area (Å²) in [5.41, 5.74) is 5.57. The first-order valence-electron chi connectivity index (χ1n) is 7.25. The summed E-state index contributed by atoms with van der Waals surface area (Å²) >= 11 is 0.